The predicted molar refractivity (Wildman–Crippen MR) is 85.7 cm³/mol. The van der Waals surface area contributed by atoms with Gasteiger partial charge in [-0.15, -0.1) is 11.8 Å². The van der Waals surface area contributed by atoms with Crippen molar-refractivity contribution in [1.29, 1.82) is 0 Å². The number of rotatable bonds is 5. The number of carbonyl (C=O) groups is 2. The van der Waals surface area contributed by atoms with Crippen molar-refractivity contribution < 1.29 is 19.1 Å². The van der Waals surface area contributed by atoms with E-state index in [1.54, 1.807) is 18.7 Å². The first kappa shape index (κ1) is 19.5. The van der Waals surface area contributed by atoms with Crippen LogP contribution in [0.3, 0.4) is 0 Å². The average Bonchev–Trinajstić information content (AvgIpc) is 2.39. The molecule has 0 aromatic heterocycles. The lowest BCUT2D eigenvalue weighted by atomic mass is 10.2. The molecule has 0 unspecified atom stereocenters. The summed E-state index contributed by atoms with van der Waals surface area (Å²) >= 11 is 1.76. The number of ether oxygens (including phenoxy) is 2. The predicted octanol–water partition coefficient (Wildman–Crippen LogP) is 3.93. The molecule has 0 aliphatic heterocycles. The van der Waals surface area contributed by atoms with Gasteiger partial charge in [0.25, 0.3) is 6.47 Å². The van der Waals surface area contributed by atoms with Crippen molar-refractivity contribution in [3.63, 3.8) is 0 Å². The lowest BCUT2D eigenvalue weighted by Gasteiger charge is -2.19. The largest absolute Gasteiger partial charge is 0.468 e. The molecule has 0 saturated carbocycles. The molecule has 0 aliphatic carbocycles. The topological polar surface area (TPSA) is 52.6 Å². The number of esters is 1. The fraction of sp³-hybridized carbons (Fsp3) is 0.500. The molecule has 0 amide bonds. The van der Waals surface area contributed by atoms with E-state index >= 15 is 0 Å². The van der Waals surface area contributed by atoms with E-state index < -0.39 is 5.60 Å². The Bertz CT molecular complexity index is 421. The first-order chi connectivity index (χ1) is 9.84. The van der Waals surface area contributed by atoms with Gasteiger partial charge in [0, 0.05) is 4.90 Å². The summed E-state index contributed by atoms with van der Waals surface area (Å²) in [6, 6.07) is 7.53. The number of benzene rings is 1. The Labute approximate surface area is 131 Å². The average molecular weight is 312 g/mol. The molecule has 4 nitrogen and oxygen atoms in total. The first-order valence-corrected chi connectivity index (χ1v) is 7.84. The second-order valence-corrected chi connectivity index (χ2v) is 6.35. The van der Waals surface area contributed by atoms with E-state index in [0.717, 1.165) is 5.75 Å². The third kappa shape index (κ3) is 9.96. The molecule has 0 atom stereocenters. The quantitative estimate of drug-likeness (QED) is 0.468. The fourth-order valence-corrected chi connectivity index (χ4v) is 1.92. The van der Waals surface area contributed by atoms with Crippen molar-refractivity contribution in [3.05, 3.63) is 29.8 Å². The first-order valence-electron chi connectivity index (χ1n) is 6.85. The molecular formula is C16H24O4S. The van der Waals surface area contributed by atoms with E-state index in [2.05, 4.69) is 11.7 Å². The van der Waals surface area contributed by atoms with Gasteiger partial charge in [-0.05, 0) is 57.7 Å². The summed E-state index contributed by atoms with van der Waals surface area (Å²) in [7, 11) is 0. The van der Waals surface area contributed by atoms with Gasteiger partial charge in [-0.2, -0.15) is 0 Å². The minimum atomic E-state index is -0.437. The van der Waals surface area contributed by atoms with Crippen molar-refractivity contribution in [2.45, 2.75) is 45.1 Å². The third-order valence-corrected chi connectivity index (χ3v) is 2.93. The third-order valence-electron chi connectivity index (χ3n) is 2.03. The van der Waals surface area contributed by atoms with Gasteiger partial charge < -0.3 is 9.47 Å². The summed E-state index contributed by atoms with van der Waals surface area (Å²) in [6.07, 6.45) is 0. The van der Waals surface area contributed by atoms with Crippen molar-refractivity contribution >= 4 is 24.2 Å². The highest BCUT2D eigenvalue weighted by molar-refractivity contribution is 7.99. The highest BCUT2D eigenvalue weighted by Crippen LogP contribution is 2.19. The van der Waals surface area contributed by atoms with Gasteiger partial charge >= 0.3 is 5.97 Å². The number of thioether (sulfide) groups is 1. The highest BCUT2D eigenvalue weighted by atomic mass is 32.2. The molecule has 0 fully saturated rings. The zero-order chi connectivity index (χ0) is 16.3. The van der Waals surface area contributed by atoms with Crippen LogP contribution in [0.5, 0.6) is 0 Å². The van der Waals surface area contributed by atoms with Crippen LogP contribution in [0.2, 0.25) is 0 Å². The Balaban J connectivity index is 0.000000690. The standard InChI is InChI=1S/C13H18O2S.C3H6O2/c1-5-16-11-8-6-10(7-9-11)12(14)15-13(2,3)4;1-2-5-3-4/h6-9H,5H2,1-4H3;3H,2H2,1H3. The maximum atomic E-state index is 11.7. The van der Waals surface area contributed by atoms with E-state index in [1.807, 2.05) is 45.0 Å². The van der Waals surface area contributed by atoms with Crippen LogP contribution < -0.4 is 0 Å². The number of hydrogen-bond donors (Lipinski definition) is 0. The van der Waals surface area contributed by atoms with E-state index in [0.29, 0.717) is 18.6 Å². The maximum absolute atomic E-state index is 11.7. The van der Waals surface area contributed by atoms with Crippen LogP contribution in [0.15, 0.2) is 29.2 Å². The molecule has 1 rings (SSSR count). The van der Waals surface area contributed by atoms with Gasteiger partial charge in [0.15, 0.2) is 0 Å². The lowest BCUT2D eigenvalue weighted by Crippen LogP contribution is -2.23. The zero-order valence-electron chi connectivity index (χ0n) is 13.3. The monoisotopic (exact) mass is 312 g/mol. The summed E-state index contributed by atoms with van der Waals surface area (Å²) in [5.74, 6) is 0.770. The summed E-state index contributed by atoms with van der Waals surface area (Å²) in [6.45, 7) is 10.4. The van der Waals surface area contributed by atoms with Gasteiger partial charge in [0.2, 0.25) is 0 Å². The summed E-state index contributed by atoms with van der Waals surface area (Å²) < 4.78 is 9.43. The molecule has 0 saturated heterocycles. The van der Waals surface area contributed by atoms with E-state index in [-0.39, 0.29) is 5.97 Å². The van der Waals surface area contributed by atoms with Crippen LogP contribution in [0.4, 0.5) is 0 Å². The van der Waals surface area contributed by atoms with Crippen molar-refractivity contribution in [1.82, 2.24) is 0 Å². The Kier molecular flexibility index (Phi) is 9.54. The Morgan fingerprint density at radius 3 is 2.10 bits per heavy atom. The van der Waals surface area contributed by atoms with Crippen LogP contribution in [0.1, 0.15) is 45.0 Å². The number of carbonyl (C=O) groups excluding carboxylic acids is 2. The second kappa shape index (κ2) is 10.3. The van der Waals surface area contributed by atoms with Crippen LogP contribution in [0.25, 0.3) is 0 Å². The molecule has 1 aromatic rings. The maximum Gasteiger partial charge on any atom is 0.338 e. The van der Waals surface area contributed by atoms with Gasteiger partial charge in [-0.3, -0.25) is 4.79 Å². The molecule has 0 spiro atoms. The molecular weight excluding hydrogens is 288 g/mol. The molecule has 5 heteroatoms. The smallest absolute Gasteiger partial charge is 0.338 e. The van der Waals surface area contributed by atoms with E-state index in [9.17, 15) is 9.59 Å². The van der Waals surface area contributed by atoms with Gasteiger partial charge in [-0.1, -0.05) is 6.92 Å². The molecule has 0 N–H and O–H groups in total. The minimum Gasteiger partial charge on any atom is -0.468 e. The molecule has 0 heterocycles. The molecule has 0 radical (unpaired) electrons. The van der Waals surface area contributed by atoms with Gasteiger partial charge in [-0.25, -0.2) is 4.79 Å². The SMILES string of the molecule is CCOC=O.CCSc1ccc(C(=O)OC(C)(C)C)cc1. The van der Waals surface area contributed by atoms with Gasteiger partial charge in [0.05, 0.1) is 12.2 Å². The zero-order valence-corrected chi connectivity index (χ0v) is 14.2. The molecule has 0 bridgehead atoms. The van der Waals surface area contributed by atoms with E-state index in [1.165, 1.54) is 4.90 Å². The normalized spacial score (nSPS) is 10.1. The number of hydrogen-bond acceptors (Lipinski definition) is 5. The molecule has 0 aliphatic rings. The summed E-state index contributed by atoms with van der Waals surface area (Å²) in [5.41, 5.74) is 0.170. The summed E-state index contributed by atoms with van der Waals surface area (Å²) in [5, 5.41) is 0. The molecule has 118 valence electrons. The van der Waals surface area contributed by atoms with Crippen LogP contribution in [-0.2, 0) is 14.3 Å². The lowest BCUT2D eigenvalue weighted by molar-refractivity contribution is -0.128. The van der Waals surface area contributed by atoms with Gasteiger partial charge in [0.1, 0.15) is 5.60 Å². The Hall–Kier alpha value is -1.49. The minimum absolute atomic E-state index is 0.263. The Morgan fingerprint density at radius 2 is 1.76 bits per heavy atom. The van der Waals surface area contributed by atoms with Crippen LogP contribution in [-0.4, -0.2) is 30.4 Å². The van der Waals surface area contributed by atoms with Crippen LogP contribution >= 0.6 is 11.8 Å². The van der Waals surface area contributed by atoms with Crippen LogP contribution in [0, 0.1) is 0 Å². The molecule has 1 aromatic carbocycles. The van der Waals surface area contributed by atoms with Crippen molar-refractivity contribution in [3.8, 4) is 0 Å². The van der Waals surface area contributed by atoms with E-state index in [4.69, 9.17) is 4.74 Å². The van der Waals surface area contributed by atoms with Crippen molar-refractivity contribution in [2.24, 2.45) is 0 Å². The Morgan fingerprint density at radius 1 is 1.19 bits per heavy atom. The molecule has 21 heavy (non-hydrogen) atoms. The fourth-order valence-electron chi connectivity index (χ4n) is 1.26. The summed E-state index contributed by atoms with van der Waals surface area (Å²) in [4.78, 5) is 22.1. The highest BCUT2D eigenvalue weighted by Gasteiger charge is 2.17. The van der Waals surface area contributed by atoms with Crippen molar-refractivity contribution in [2.75, 3.05) is 12.4 Å². The second-order valence-electron chi connectivity index (χ2n) is 5.01.